The molecule has 2 N–H and O–H groups in total. The molecule has 0 spiro atoms. The van der Waals surface area contributed by atoms with Gasteiger partial charge < -0.3 is 15.0 Å². The fraction of sp³-hybridized carbons (Fsp3) is 0.500. The van der Waals surface area contributed by atoms with E-state index >= 15 is 0 Å². The molecule has 1 amide bonds. The van der Waals surface area contributed by atoms with Crippen LogP contribution in [0.2, 0.25) is 0 Å². The standard InChI is InChI=1S/C16H23N3O2/c1-10-18-12-8-11(6-7-13(12)19(10)5)15(21)17-9-14(20)16(2,3)4/h6-8,14,20H,9H2,1-5H3,(H,17,21). The van der Waals surface area contributed by atoms with E-state index < -0.39 is 6.10 Å². The minimum Gasteiger partial charge on any atom is -0.391 e. The molecule has 0 aliphatic rings. The summed E-state index contributed by atoms with van der Waals surface area (Å²) in [7, 11) is 1.95. The second-order valence-electron chi connectivity index (χ2n) is 6.51. The number of carbonyl (C=O) groups is 1. The van der Waals surface area contributed by atoms with Gasteiger partial charge in [0.05, 0.1) is 17.1 Å². The van der Waals surface area contributed by atoms with Gasteiger partial charge in [0.1, 0.15) is 5.82 Å². The molecule has 2 aromatic rings. The van der Waals surface area contributed by atoms with Crippen LogP contribution in [0, 0.1) is 12.3 Å². The lowest BCUT2D eigenvalue weighted by Gasteiger charge is -2.25. The van der Waals surface area contributed by atoms with E-state index in [2.05, 4.69) is 10.3 Å². The first-order chi connectivity index (χ1) is 9.70. The van der Waals surface area contributed by atoms with Crippen molar-refractivity contribution < 1.29 is 9.90 Å². The average Bonchev–Trinajstić information content (AvgIpc) is 2.69. The fourth-order valence-corrected chi connectivity index (χ4v) is 2.06. The van der Waals surface area contributed by atoms with E-state index in [-0.39, 0.29) is 17.9 Å². The van der Waals surface area contributed by atoms with Crippen LogP contribution in [0.15, 0.2) is 18.2 Å². The Morgan fingerprint density at radius 2 is 2.10 bits per heavy atom. The summed E-state index contributed by atoms with van der Waals surface area (Å²) in [5, 5.41) is 12.7. The minimum atomic E-state index is -0.581. The number of aromatic nitrogens is 2. The normalized spacial score (nSPS) is 13.4. The lowest BCUT2D eigenvalue weighted by molar-refractivity contribution is 0.0587. The molecule has 0 radical (unpaired) electrons. The van der Waals surface area contributed by atoms with E-state index in [1.807, 2.05) is 45.4 Å². The summed E-state index contributed by atoms with van der Waals surface area (Å²) < 4.78 is 1.99. The smallest absolute Gasteiger partial charge is 0.251 e. The number of nitrogens with one attached hydrogen (secondary N) is 1. The number of hydrogen-bond acceptors (Lipinski definition) is 3. The van der Waals surface area contributed by atoms with Crippen molar-refractivity contribution in [3.05, 3.63) is 29.6 Å². The molecule has 0 saturated carbocycles. The Bertz CT molecular complexity index is 668. The molecule has 1 aromatic heterocycles. The van der Waals surface area contributed by atoms with E-state index in [4.69, 9.17) is 0 Å². The van der Waals surface area contributed by atoms with Crippen molar-refractivity contribution >= 4 is 16.9 Å². The van der Waals surface area contributed by atoms with Gasteiger partial charge in [-0.25, -0.2) is 4.98 Å². The van der Waals surface area contributed by atoms with Gasteiger partial charge in [-0.15, -0.1) is 0 Å². The van der Waals surface area contributed by atoms with Crippen LogP contribution in [0.5, 0.6) is 0 Å². The molecule has 21 heavy (non-hydrogen) atoms. The molecule has 0 aliphatic carbocycles. The number of benzene rings is 1. The summed E-state index contributed by atoms with van der Waals surface area (Å²) in [5.41, 5.74) is 2.11. The highest BCUT2D eigenvalue weighted by Gasteiger charge is 2.22. The Morgan fingerprint density at radius 1 is 1.43 bits per heavy atom. The van der Waals surface area contributed by atoms with Crippen molar-refractivity contribution in [1.82, 2.24) is 14.9 Å². The third kappa shape index (κ3) is 3.24. The van der Waals surface area contributed by atoms with Gasteiger partial charge >= 0.3 is 0 Å². The summed E-state index contributed by atoms with van der Waals surface area (Å²) in [5.74, 6) is 0.717. The lowest BCUT2D eigenvalue weighted by Crippen LogP contribution is -2.39. The number of amides is 1. The number of rotatable bonds is 3. The highest BCUT2D eigenvalue weighted by atomic mass is 16.3. The van der Waals surface area contributed by atoms with Crippen LogP contribution in [0.25, 0.3) is 11.0 Å². The number of hydrogen-bond donors (Lipinski definition) is 2. The maximum Gasteiger partial charge on any atom is 0.251 e. The molecule has 1 unspecified atom stereocenters. The molecule has 1 heterocycles. The Balaban J connectivity index is 2.13. The van der Waals surface area contributed by atoms with Gasteiger partial charge in [-0.1, -0.05) is 20.8 Å². The molecule has 0 fully saturated rings. The molecule has 5 nitrogen and oxygen atoms in total. The van der Waals surface area contributed by atoms with Crippen LogP contribution >= 0.6 is 0 Å². The Hall–Kier alpha value is -1.88. The number of nitrogens with zero attached hydrogens (tertiary/aromatic N) is 2. The largest absolute Gasteiger partial charge is 0.391 e. The number of aliphatic hydroxyl groups excluding tert-OH is 1. The first kappa shape index (κ1) is 15.5. The van der Waals surface area contributed by atoms with E-state index in [0.717, 1.165) is 16.9 Å². The van der Waals surface area contributed by atoms with Crippen LogP contribution in [0.1, 0.15) is 37.0 Å². The molecule has 1 aromatic carbocycles. The van der Waals surface area contributed by atoms with Crippen molar-refractivity contribution in [2.75, 3.05) is 6.54 Å². The van der Waals surface area contributed by atoms with Crippen molar-refractivity contribution in [3.8, 4) is 0 Å². The Kier molecular flexibility index (Phi) is 4.05. The summed E-state index contributed by atoms with van der Waals surface area (Å²) in [6.07, 6.45) is -0.581. The highest BCUT2D eigenvalue weighted by molar-refractivity contribution is 5.97. The molecular weight excluding hydrogens is 266 g/mol. The maximum absolute atomic E-state index is 12.2. The number of carbonyl (C=O) groups excluding carboxylic acids is 1. The third-order valence-corrected chi connectivity index (χ3v) is 3.82. The van der Waals surface area contributed by atoms with Crippen molar-refractivity contribution in [2.45, 2.75) is 33.8 Å². The quantitative estimate of drug-likeness (QED) is 0.908. The molecule has 0 bridgehead atoms. The summed E-state index contributed by atoms with van der Waals surface area (Å²) >= 11 is 0. The van der Waals surface area contributed by atoms with Crippen LogP contribution < -0.4 is 5.32 Å². The van der Waals surface area contributed by atoms with Crippen LogP contribution in [0.3, 0.4) is 0 Å². The van der Waals surface area contributed by atoms with Crippen LogP contribution in [-0.4, -0.2) is 33.2 Å². The zero-order chi connectivity index (χ0) is 15.8. The monoisotopic (exact) mass is 289 g/mol. The topological polar surface area (TPSA) is 67.2 Å². The number of imidazole rings is 1. The maximum atomic E-state index is 12.2. The van der Waals surface area contributed by atoms with Gasteiger partial charge in [0.2, 0.25) is 0 Å². The summed E-state index contributed by atoms with van der Waals surface area (Å²) in [4.78, 5) is 16.6. The Morgan fingerprint density at radius 3 is 2.71 bits per heavy atom. The fourth-order valence-electron chi connectivity index (χ4n) is 2.06. The minimum absolute atomic E-state index is 0.191. The summed E-state index contributed by atoms with van der Waals surface area (Å²) in [6.45, 7) is 7.98. The van der Waals surface area contributed by atoms with Gasteiger partial charge in [-0.2, -0.15) is 0 Å². The highest BCUT2D eigenvalue weighted by Crippen LogP contribution is 2.19. The van der Waals surface area contributed by atoms with Crippen molar-refractivity contribution in [3.63, 3.8) is 0 Å². The Labute approximate surface area is 125 Å². The zero-order valence-electron chi connectivity index (χ0n) is 13.3. The third-order valence-electron chi connectivity index (χ3n) is 3.82. The molecule has 2 rings (SSSR count). The molecule has 5 heteroatoms. The van der Waals surface area contributed by atoms with E-state index in [1.165, 1.54) is 0 Å². The van der Waals surface area contributed by atoms with Gasteiger partial charge in [0, 0.05) is 19.2 Å². The zero-order valence-corrected chi connectivity index (χ0v) is 13.3. The predicted octanol–water partition coefficient (Wildman–Crippen LogP) is 2.02. The van der Waals surface area contributed by atoms with E-state index in [1.54, 1.807) is 12.1 Å². The number of aliphatic hydroxyl groups is 1. The van der Waals surface area contributed by atoms with Crippen molar-refractivity contribution in [1.29, 1.82) is 0 Å². The first-order valence-electron chi connectivity index (χ1n) is 7.09. The molecule has 0 saturated heterocycles. The second kappa shape index (κ2) is 5.48. The van der Waals surface area contributed by atoms with E-state index in [0.29, 0.717) is 5.56 Å². The lowest BCUT2D eigenvalue weighted by atomic mass is 9.89. The average molecular weight is 289 g/mol. The first-order valence-corrected chi connectivity index (χ1v) is 7.09. The molecule has 1 atom stereocenters. The van der Waals surface area contributed by atoms with Crippen LogP contribution in [0.4, 0.5) is 0 Å². The van der Waals surface area contributed by atoms with Crippen molar-refractivity contribution in [2.24, 2.45) is 12.5 Å². The molecule has 114 valence electrons. The SMILES string of the molecule is Cc1nc2cc(C(=O)NCC(O)C(C)(C)C)ccc2n1C. The van der Waals surface area contributed by atoms with Gasteiger partial charge in [0.15, 0.2) is 0 Å². The molecular formula is C16H23N3O2. The van der Waals surface area contributed by atoms with Gasteiger partial charge in [-0.05, 0) is 30.5 Å². The molecule has 0 aliphatic heterocycles. The number of aryl methyl sites for hydroxylation is 2. The second-order valence-corrected chi connectivity index (χ2v) is 6.51. The van der Waals surface area contributed by atoms with E-state index in [9.17, 15) is 9.90 Å². The number of fused-ring (bicyclic) bond motifs is 1. The van der Waals surface area contributed by atoms with Crippen LogP contribution in [-0.2, 0) is 7.05 Å². The van der Waals surface area contributed by atoms with Gasteiger partial charge in [-0.3, -0.25) is 4.79 Å². The van der Waals surface area contributed by atoms with Gasteiger partial charge in [0.25, 0.3) is 5.91 Å². The summed E-state index contributed by atoms with van der Waals surface area (Å²) in [6, 6.07) is 5.45. The predicted molar refractivity (Wildman–Crippen MR) is 83.2 cm³/mol.